The number of pyridine rings is 1. The number of ketones is 1. The highest BCUT2D eigenvalue weighted by Gasteiger charge is 2.13. The first-order chi connectivity index (χ1) is 9.27. The van der Waals surface area contributed by atoms with Crippen molar-refractivity contribution >= 4 is 28.3 Å². The average molecular weight is 278 g/mol. The number of alkyl halides is 1. The van der Waals surface area contributed by atoms with Crippen LogP contribution in [0.25, 0.3) is 10.9 Å². The van der Waals surface area contributed by atoms with E-state index in [0.29, 0.717) is 36.6 Å². The Morgan fingerprint density at radius 1 is 1.37 bits per heavy atom. The number of ether oxygens (including phenoxy) is 1. The van der Waals surface area contributed by atoms with Crippen molar-refractivity contribution in [2.75, 3.05) is 12.5 Å². The van der Waals surface area contributed by atoms with Gasteiger partial charge in [0.2, 0.25) is 0 Å². The van der Waals surface area contributed by atoms with E-state index in [0.717, 1.165) is 10.9 Å². The highest BCUT2D eigenvalue weighted by Crippen LogP contribution is 2.27. The average Bonchev–Trinajstić information content (AvgIpc) is 2.45. The molecule has 1 aromatic heterocycles. The third-order valence-corrected chi connectivity index (χ3v) is 3.14. The third kappa shape index (κ3) is 3.04. The SMILES string of the molecule is CCOc1ccc(C(=O)CCCCl)c2cccnc12. The molecular weight excluding hydrogens is 262 g/mol. The van der Waals surface area contributed by atoms with Crippen molar-refractivity contribution in [3.63, 3.8) is 0 Å². The summed E-state index contributed by atoms with van der Waals surface area (Å²) in [5.74, 6) is 1.31. The van der Waals surface area contributed by atoms with Gasteiger partial charge in [0, 0.05) is 29.4 Å². The molecule has 4 heteroatoms. The molecule has 0 aliphatic rings. The molecule has 0 N–H and O–H groups in total. The van der Waals surface area contributed by atoms with Crippen molar-refractivity contribution in [3.8, 4) is 5.75 Å². The summed E-state index contributed by atoms with van der Waals surface area (Å²) in [4.78, 5) is 16.5. The van der Waals surface area contributed by atoms with Crippen molar-refractivity contribution < 1.29 is 9.53 Å². The number of carbonyl (C=O) groups is 1. The predicted octanol–water partition coefficient (Wildman–Crippen LogP) is 3.84. The molecule has 0 spiro atoms. The number of rotatable bonds is 6. The Morgan fingerprint density at radius 2 is 2.21 bits per heavy atom. The monoisotopic (exact) mass is 277 g/mol. The number of hydrogen-bond acceptors (Lipinski definition) is 3. The van der Waals surface area contributed by atoms with Crippen LogP contribution in [0.15, 0.2) is 30.5 Å². The molecule has 2 aromatic rings. The standard InChI is InChI=1S/C15H16ClNO2/c1-2-19-14-8-7-11(13(18)6-3-9-16)12-5-4-10-17-15(12)14/h4-5,7-8,10H,2-3,6,9H2,1H3. The van der Waals surface area contributed by atoms with Crippen LogP contribution in [-0.2, 0) is 0 Å². The van der Waals surface area contributed by atoms with E-state index in [1.807, 2.05) is 31.2 Å². The van der Waals surface area contributed by atoms with Crippen LogP contribution in [0.2, 0.25) is 0 Å². The molecule has 1 aromatic carbocycles. The van der Waals surface area contributed by atoms with Crippen LogP contribution in [0.1, 0.15) is 30.1 Å². The van der Waals surface area contributed by atoms with Crippen molar-refractivity contribution in [3.05, 3.63) is 36.0 Å². The van der Waals surface area contributed by atoms with Crippen LogP contribution in [-0.4, -0.2) is 23.3 Å². The van der Waals surface area contributed by atoms with Crippen molar-refractivity contribution in [2.45, 2.75) is 19.8 Å². The first-order valence-corrected chi connectivity index (χ1v) is 6.91. The zero-order chi connectivity index (χ0) is 13.7. The Kier molecular flexibility index (Phi) is 4.74. The van der Waals surface area contributed by atoms with Gasteiger partial charge in [0.25, 0.3) is 0 Å². The van der Waals surface area contributed by atoms with Gasteiger partial charge >= 0.3 is 0 Å². The molecule has 0 amide bonds. The van der Waals surface area contributed by atoms with Crippen LogP contribution in [0, 0.1) is 0 Å². The summed E-state index contributed by atoms with van der Waals surface area (Å²) in [5, 5.41) is 0.841. The lowest BCUT2D eigenvalue weighted by molar-refractivity contribution is 0.0983. The molecule has 3 nitrogen and oxygen atoms in total. The molecule has 0 saturated heterocycles. The molecular formula is C15H16ClNO2. The van der Waals surface area contributed by atoms with Gasteiger partial charge in [-0.05, 0) is 31.5 Å². The molecule has 0 unspecified atom stereocenters. The van der Waals surface area contributed by atoms with Crippen LogP contribution in [0.3, 0.4) is 0 Å². The van der Waals surface area contributed by atoms with Gasteiger partial charge < -0.3 is 4.74 Å². The highest BCUT2D eigenvalue weighted by atomic mass is 35.5. The Labute approximate surface area is 117 Å². The predicted molar refractivity (Wildman–Crippen MR) is 77.2 cm³/mol. The Bertz CT molecular complexity index is 583. The minimum atomic E-state index is 0.0988. The van der Waals surface area contributed by atoms with Crippen molar-refractivity contribution in [2.24, 2.45) is 0 Å². The molecule has 1 heterocycles. The fourth-order valence-electron chi connectivity index (χ4n) is 2.02. The topological polar surface area (TPSA) is 39.2 Å². The van der Waals surface area contributed by atoms with Gasteiger partial charge in [-0.15, -0.1) is 11.6 Å². The van der Waals surface area contributed by atoms with E-state index in [4.69, 9.17) is 16.3 Å². The van der Waals surface area contributed by atoms with Crippen LogP contribution < -0.4 is 4.74 Å². The van der Waals surface area contributed by atoms with E-state index in [2.05, 4.69) is 4.98 Å². The lowest BCUT2D eigenvalue weighted by Gasteiger charge is -2.10. The van der Waals surface area contributed by atoms with E-state index in [9.17, 15) is 4.79 Å². The summed E-state index contributed by atoms with van der Waals surface area (Å²) in [7, 11) is 0. The van der Waals surface area contributed by atoms with Crippen molar-refractivity contribution in [1.82, 2.24) is 4.98 Å². The van der Waals surface area contributed by atoms with E-state index >= 15 is 0 Å². The van der Waals surface area contributed by atoms with Crippen LogP contribution >= 0.6 is 11.6 Å². The number of Topliss-reactive ketones (excluding diaryl/α,β-unsaturated/α-hetero) is 1. The van der Waals surface area contributed by atoms with Gasteiger partial charge in [-0.2, -0.15) is 0 Å². The molecule has 0 radical (unpaired) electrons. The largest absolute Gasteiger partial charge is 0.492 e. The molecule has 0 atom stereocenters. The van der Waals surface area contributed by atoms with Crippen LogP contribution in [0.5, 0.6) is 5.75 Å². The number of halogens is 1. The zero-order valence-corrected chi connectivity index (χ0v) is 11.6. The number of carbonyl (C=O) groups excluding carboxylic acids is 1. The Balaban J connectivity index is 2.46. The smallest absolute Gasteiger partial charge is 0.163 e. The maximum Gasteiger partial charge on any atom is 0.163 e. The third-order valence-electron chi connectivity index (χ3n) is 2.87. The van der Waals surface area contributed by atoms with E-state index in [1.54, 1.807) is 6.20 Å². The summed E-state index contributed by atoms with van der Waals surface area (Å²) in [6.45, 7) is 2.50. The summed E-state index contributed by atoms with van der Waals surface area (Å²) >= 11 is 5.63. The molecule has 0 bridgehead atoms. The summed E-state index contributed by atoms with van der Waals surface area (Å²) in [6.07, 6.45) is 2.86. The van der Waals surface area contributed by atoms with E-state index < -0.39 is 0 Å². The van der Waals surface area contributed by atoms with Gasteiger partial charge in [-0.3, -0.25) is 9.78 Å². The second-order valence-corrected chi connectivity index (χ2v) is 4.54. The fourth-order valence-corrected chi connectivity index (χ4v) is 2.16. The second kappa shape index (κ2) is 6.53. The maximum atomic E-state index is 12.2. The first-order valence-electron chi connectivity index (χ1n) is 6.37. The number of benzene rings is 1. The summed E-state index contributed by atoms with van der Waals surface area (Å²) in [5.41, 5.74) is 1.43. The normalized spacial score (nSPS) is 10.6. The van der Waals surface area contributed by atoms with Crippen LogP contribution in [0.4, 0.5) is 0 Å². The minimum absolute atomic E-state index is 0.0988. The Morgan fingerprint density at radius 3 is 2.95 bits per heavy atom. The molecule has 0 fully saturated rings. The second-order valence-electron chi connectivity index (χ2n) is 4.16. The zero-order valence-electron chi connectivity index (χ0n) is 10.9. The Hall–Kier alpha value is -1.61. The lowest BCUT2D eigenvalue weighted by atomic mass is 10.0. The molecule has 100 valence electrons. The summed E-state index contributed by atoms with van der Waals surface area (Å²) < 4.78 is 5.54. The maximum absolute atomic E-state index is 12.2. The molecule has 19 heavy (non-hydrogen) atoms. The molecule has 0 aliphatic heterocycles. The van der Waals surface area contributed by atoms with Gasteiger partial charge in [0.05, 0.1) is 6.61 Å². The molecule has 0 saturated carbocycles. The van der Waals surface area contributed by atoms with Gasteiger partial charge in [-0.1, -0.05) is 6.07 Å². The van der Waals surface area contributed by atoms with E-state index in [1.165, 1.54) is 0 Å². The number of aromatic nitrogens is 1. The first kappa shape index (κ1) is 13.8. The number of fused-ring (bicyclic) bond motifs is 1. The number of hydrogen-bond donors (Lipinski definition) is 0. The van der Waals surface area contributed by atoms with E-state index in [-0.39, 0.29) is 5.78 Å². The van der Waals surface area contributed by atoms with Gasteiger partial charge in [-0.25, -0.2) is 0 Å². The van der Waals surface area contributed by atoms with Gasteiger partial charge in [0.15, 0.2) is 5.78 Å². The van der Waals surface area contributed by atoms with Gasteiger partial charge in [0.1, 0.15) is 11.3 Å². The quantitative estimate of drug-likeness (QED) is 0.595. The molecule has 0 aliphatic carbocycles. The highest BCUT2D eigenvalue weighted by molar-refractivity contribution is 6.18. The van der Waals surface area contributed by atoms with Crippen molar-refractivity contribution in [1.29, 1.82) is 0 Å². The lowest BCUT2D eigenvalue weighted by Crippen LogP contribution is -2.02. The fraction of sp³-hybridized carbons (Fsp3) is 0.333. The summed E-state index contributed by atoms with van der Waals surface area (Å²) in [6, 6.07) is 7.35. The number of nitrogens with zero attached hydrogens (tertiary/aromatic N) is 1. The minimum Gasteiger partial charge on any atom is -0.492 e. The molecule has 2 rings (SSSR count).